The lowest BCUT2D eigenvalue weighted by Crippen LogP contribution is -2.33. The number of benzene rings is 3. The van der Waals surface area contributed by atoms with Gasteiger partial charge >= 0.3 is 6.09 Å². The molecule has 8 heteroatoms. The van der Waals surface area contributed by atoms with Gasteiger partial charge in [0.1, 0.15) is 23.2 Å². The molecule has 1 amide bonds. The van der Waals surface area contributed by atoms with E-state index in [0.717, 1.165) is 18.2 Å². The van der Waals surface area contributed by atoms with Crippen molar-refractivity contribution in [3.05, 3.63) is 88.8 Å². The van der Waals surface area contributed by atoms with Gasteiger partial charge in [-0.25, -0.2) is 18.0 Å². The van der Waals surface area contributed by atoms with Crippen LogP contribution in [0.5, 0.6) is 5.75 Å². The lowest BCUT2D eigenvalue weighted by atomic mass is 10.0. The van der Waals surface area contributed by atoms with Crippen LogP contribution in [0.1, 0.15) is 19.4 Å². The summed E-state index contributed by atoms with van der Waals surface area (Å²) in [4.78, 5) is 14.2. The largest absolute Gasteiger partial charge is 0.415 e. The van der Waals surface area contributed by atoms with Crippen LogP contribution < -0.4 is 4.74 Å². The van der Waals surface area contributed by atoms with E-state index in [2.05, 4.69) is 0 Å². The molecule has 0 aliphatic rings. The SMILES string of the molecule is CCN(CC)C(=O)Oc1ccc2c(ccn2Cc2cc(F)ccc2F)c1-c1ccc(F)c(Cl)c1. The lowest BCUT2D eigenvalue weighted by molar-refractivity contribution is 0.157. The molecule has 176 valence electrons. The van der Waals surface area contributed by atoms with Crippen LogP contribution in [0, 0.1) is 17.5 Å². The van der Waals surface area contributed by atoms with Gasteiger partial charge in [0.2, 0.25) is 0 Å². The summed E-state index contributed by atoms with van der Waals surface area (Å²) in [5, 5.41) is 0.612. The van der Waals surface area contributed by atoms with E-state index in [-0.39, 0.29) is 22.9 Å². The second kappa shape index (κ2) is 9.81. The summed E-state index contributed by atoms with van der Waals surface area (Å²) in [6, 6.07) is 12.7. The highest BCUT2D eigenvalue weighted by atomic mass is 35.5. The molecule has 0 atom stereocenters. The average molecular weight is 487 g/mol. The molecular formula is C26H22ClF3N2O2. The Morgan fingerprint density at radius 2 is 1.71 bits per heavy atom. The summed E-state index contributed by atoms with van der Waals surface area (Å²) in [6.45, 7) is 4.74. The van der Waals surface area contributed by atoms with E-state index in [4.69, 9.17) is 16.3 Å². The fourth-order valence-corrected chi connectivity index (χ4v) is 4.09. The molecule has 34 heavy (non-hydrogen) atoms. The van der Waals surface area contributed by atoms with E-state index in [1.54, 1.807) is 35.0 Å². The van der Waals surface area contributed by atoms with Crippen molar-refractivity contribution < 1.29 is 22.7 Å². The van der Waals surface area contributed by atoms with Crippen LogP contribution in [-0.4, -0.2) is 28.6 Å². The first-order chi connectivity index (χ1) is 16.3. The second-order valence-corrected chi connectivity index (χ2v) is 8.13. The van der Waals surface area contributed by atoms with Gasteiger partial charge in [-0.1, -0.05) is 17.7 Å². The minimum absolute atomic E-state index is 0.0724. The van der Waals surface area contributed by atoms with Crippen molar-refractivity contribution >= 4 is 28.6 Å². The summed E-state index contributed by atoms with van der Waals surface area (Å²) in [6.07, 6.45) is 1.22. The summed E-state index contributed by atoms with van der Waals surface area (Å²) in [7, 11) is 0. The molecule has 3 aromatic carbocycles. The molecule has 0 bridgehead atoms. The number of hydrogen-bond donors (Lipinski definition) is 0. The van der Waals surface area contributed by atoms with E-state index < -0.39 is 23.5 Å². The number of fused-ring (bicyclic) bond motifs is 1. The number of carbonyl (C=O) groups is 1. The molecule has 4 rings (SSSR count). The fourth-order valence-electron chi connectivity index (χ4n) is 3.91. The Balaban J connectivity index is 1.85. The highest BCUT2D eigenvalue weighted by Crippen LogP contribution is 2.39. The van der Waals surface area contributed by atoms with Gasteiger partial charge in [-0.05, 0) is 67.9 Å². The molecule has 0 aliphatic carbocycles. The molecule has 0 radical (unpaired) electrons. The van der Waals surface area contributed by atoms with Crippen LogP contribution in [-0.2, 0) is 6.54 Å². The molecule has 0 spiro atoms. The first kappa shape index (κ1) is 23.7. The van der Waals surface area contributed by atoms with E-state index in [1.807, 2.05) is 13.8 Å². The Hall–Kier alpha value is -3.45. The maximum Gasteiger partial charge on any atom is 0.415 e. The Morgan fingerprint density at radius 1 is 0.971 bits per heavy atom. The summed E-state index contributed by atoms with van der Waals surface area (Å²) < 4.78 is 49.3. The second-order valence-electron chi connectivity index (χ2n) is 7.72. The predicted octanol–water partition coefficient (Wildman–Crippen LogP) is 7.27. The number of nitrogens with zero attached hydrogens (tertiary/aromatic N) is 2. The van der Waals surface area contributed by atoms with Crippen LogP contribution in [0.15, 0.2) is 60.8 Å². The number of carbonyl (C=O) groups excluding carboxylic acids is 1. The molecule has 1 aromatic heterocycles. The van der Waals surface area contributed by atoms with Crippen molar-refractivity contribution in [3.63, 3.8) is 0 Å². The normalized spacial score (nSPS) is 11.1. The van der Waals surface area contributed by atoms with Gasteiger partial charge in [0.05, 0.1) is 11.6 Å². The van der Waals surface area contributed by atoms with E-state index >= 15 is 0 Å². The van der Waals surface area contributed by atoms with Gasteiger partial charge in [0, 0.05) is 41.3 Å². The topological polar surface area (TPSA) is 34.5 Å². The Morgan fingerprint density at radius 3 is 2.41 bits per heavy atom. The first-order valence-corrected chi connectivity index (χ1v) is 11.2. The van der Waals surface area contributed by atoms with Gasteiger partial charge in [0.25, 0.3) is 0 Å². The molecule has 4 nitrogen and oxygen atoms in total. The zero-order chi connectivity index (χ0) is 24.4. The quantitative estimate of drug-likeness (QED) is 0.287. The third-order valence-corrected chi connectivity index (χ3v) is 5.98. The third-order valence-electron chi connectivity index (χ3n) is 5.69. The Labute approximate surface area is 200 Å². The smallest absolute Gasteiger partial charge is 0.410 e. The summed E-state index contributed by atoms with van der Waals surface area (Å²) in [5.41, 5.74) is 1.98. The zero-order valence-electron chi connectivity index (χ0n) is 18.6. The van der Waals surface area contributed by atoms with Crippen molar-refractivity contribution in [2.45, 2.75) is 20.4 Å². The van der Waals surface area contributed by atoms with E-state index in [9.17, 15) is 18.0 Å². The fraction of sp³-hybridized carbons (Fsp3) is 0.192. The molecule has 1 heterocycles. The van der Waals surface area contributed by atoms with Crippen LogP contribution in [0.2, 0.25) is 5.02 Å². The van der Waals surface area contributed by atoms with E-state index in [0.29, 0.717) is 35.1 Å². The standard InChI is InChI=1S/C26H22ClF3N2O2/c1-3-31(4-2)26(33)34-24-10-9-23-19(25(24)16-5-7-22(30)20(27)14-16)11-12-32(23)15-17-13-18(28)6-8-21(17)29/h5-14H,3-4,15H2,1-2H3. The molecule has 0 saturated heterocycles. The molecular weight excluding hydrogens is 465 g/mol. The van der Waals surface area contributed by atoms with Gasteiger partial charge in [-0.15, -0.1) is 0 Å². The molecule has 0 fully saturated rings. The lowest BCUT2D eigenvalue weighted by Gasteiger charge is -2.20. The van der Waals surface area contributed by atoms with Crippen molar-refractivity contribution in [2.24, 2.45) is 0 Å². The average Bonchev–Trinajstić information content (AvgIpc) is 3.21. The maximum atomic E-state index is 14.2. The minimum Gasteiger partial charge on any atom is -0.410 e. The number of amides is 1. The van der Waals surface area contributed by atoms with Crippen molar-refractivity contribution in [1.29, 1.82) is 0 Å². The number of hydrogen-bond acceptors (Lipinski definition) is 2. The highest BCUT2D eigenvalue weighted by molar-refractivity contribution is 6.31. The monoisotopic (exact) mass is 486 g/mol. The van der Waals surface area contributed by atoms with Gasteiger partial charge in [-0.3, -0.25) is 0 Å². The summed E-state index contributed by atoms with van der Waals surface area (Å²) in [5.74, 6) is -1.33. The van der Waals surface area contributed by atoms with Crippen LogP contribution in [0.25, 0.3) is 22.0 Å². The van der Waals surface area contributed by atoms with Crippen molar-refractivity contribution in [3.8, 4) is 16.9 Å². The third kappa shape index (κ3) is 4.61. The molecule has 0 unspecified atom stereocenters. The van der Waals surface area contributed by atoms with E-state index in [1.165, 1.54) is 17.0 Å². The summed E-state index contributed by atoms with van der Waals surface area (Å²) >= 11 is 6.04. The first-order valence-electron chi connectivity index (χ1n) is 10.8. The Bertz CT molecular complexity index is 1370. The van der Waals surface area contributed by atoms with Crippen LogP contribution in [0.3, 0.4) is 0 Å². The number of halogens is 4. The van der Waals surface area contributed by atoms with Gasteiger partial charge in [0.15, 0.2) is 0 Å². The van der Waals surface area contributed by atoms with Crippen LogP contribution >= 0.6 is 11.6 Å². The van der Waals surface area contributed by atoms with Gasteiger partial charge in [-0.2, -0.15) is 0 Å². The molecule has 0 N–H and O–H groups in total. The van der Waals surface area contributed by atoms with Crippen LogP contribution in [0.4, 0.5) is 18.0 Å². The molecule has 0 aliphatic heterocycles. The highest BCUT2D eigenvalue weighted by Gasteiger charge is 2.20. The Kier molecular flexibility index (Phi) is 6.84. The van der Waals surface area contributed by atoms with Crippen molar-refractivity contribution in [2.75, 3.05) is 13.1 Å². The molecule has 0 saturated carbocycles. The number of rotatable bonds is 6. The number of aromatic nitrogens is 1. The molecule has 4 aromatic rings. The van der Waals surface area contributed by atoms with Gasteiger partial charge < -0.3 is 14.2 Å². The predicted molar refractivity (Wildman–Crippen MR) is 127 cm³/mol. The van der Waals surface area contributed by atoms with Crippen molar-refractivity contribution in [1.82, 2.24) is 9.47 Å². The maximum absolute atomic E-state index is 14.2. The number of ether oxygens (including phenoxy) is 1. The minimum atomic E-state index is -0.571. The zero-order valence-corrected chi connectivity index (χ0v) is 19.4.